The van der Waals surface area contributed by atoms with Gasteiger partial charge in [0.2, 0.25) is 0 Å². The Hall–Kier alpha value is -1.61. The molecular weight excluding hydrogens is 274 g/mol. The first-order valence-corrected chi connectivity index (χ1v) is 8.47. The predicted octanol–water partition coefficient (Wildman–Crippen LogP) is 3.69. The predicted molar refractivity (Wildman–Crippen MR) is 89.0 cm³/mol. The first kappa shape index (κ1) is 15.3. The fourth-order valence-corrected chi connectivity index (χ4v) is 3.27. The van der Waals surface area contributed by atoms with Crippen LogP contribution in [-0.2, 0) is 4.79 Å². The van der Waals surface area contributed by atoms with Gasteiger partial charge in [0.25, 0.3) is 0 Å². The highest BCUT2D eigenvalue weighted by atomic mass is 16.5. The van der Waals surface area contributed by atoms with Crippen LogP contribution in [0.2, 0.25) is 0 Å². The molecule has 0 spiro atoms. The monoisotopic (exact) mass is 299 g/mol. The number of carbonyl (C=O) groups excluding carboxylic acids is 1. The summed E-state index contributed by atoms with van der Waals surface area (Å²) in [4.78, 5) is 14.3. The molecule has 3 rings (SSSR count). The number of ketones is 1. The number of piperidine rings is 1. The van der Waals surface area contributed by atoms with Gasteiger partial charge in [0.1, 0.15) is 5.75 Å². The molecule has 3 nitrogen and oxygen atoms in total. The van der Waals surface area contributed by atoms with Crippen LogP contribution in [0.15, 0.2) is 29.8 Å². The lowest BCUT2D eigenvalue weighted by Gasteiger charge is -2.26. The van der Waals surface area contributed by atoms with E-state index in [1.54, 1.807) is 0 Å². The summed E-state index contributed by atoms with van der Waals surface area (Å²) < 4.78 is 5.98. The highest BCUT2D eigenvalue weighted by molar-refractivity contribution is 6.00. The van der Waals surface area contributed by atoms with Crippen LogP contribution in [0.5, 0.6) is 5.75 Å². The molecule has 1 saturated heterocycles. The van der Waals surface area contributed by atoms with Crippen LogP contribution in [0.1, 0.15) is 44.6 Å². The Bertz CT molecular complexity index is 541. The van der Waals surface area contributed by atoms with E-state index in [4.69, 9.17) is 4.74 Å². The van der Waals surface area contributed by atoms with Gasteiger partial charge < -0.3 is 4.74 Å². The Labute approximate surface area is 133 Å². The summed E-state index contributed by atoms with van der Waals surface area (Å²) in [5, 5.41) is 0. The number of likely N-dealkylation sites (tertiary alicyclic amines) is 1. The molecule has 22 heavy (non-hydrogen) atoms. The molecule has 1 saturated carbocycles. The average molecular weight is 299 g/mol. The van der Waals surface area contributed by atoms with Crippen LogP contribution < -0.4 is 4.74 Å². The molecule has 118 valence electrons. The number of likely N-dealkylation sites (N-methyl/N-ethyl adjacent to an activating group) is 1. The van der Waals surface area contributed by atoms with Crippen LogP contribution in [0.25, 0.3) is 6.08 Å². The molecule has 0 amide bonds. The highest BCUT2D eigenvalue weighted by Gasteiger charge is 2.20. The Balaban J connectivity index is 1.66. The lowest BCUT2D eigenvalue weighted by Crippen LogP contribution is -2.35. The third kappa shape index (κ3) is 3.77. The van der Waals surface area contributed by atoms with Crippen molar-refractivity contribution in [3.63, 3.8) is 0 Å². The van der Waals surface area contributed by atoms with Gasteiger partial charge in [0.05, 0.1) is 6.10 Å². The van der Waals surface area contributed by atoms with Crippen LogP contribution in [0, 0.1) is 0 Å². The number of rotatable bonds is 4. The van der Waals surface area contributed by atoms with Gasteiger partial charge >= 0.3 is 0 Å². The maximum Gasteiger partial charge on any atom is 0.161 e. The van der Waals surface area contributed by atoms with Crippen molar-refractivity contribution in [3.05, 3.63) is 35.4 Å². The van der Waals surface area contributed by atoms with E-state index in [9.17, 15) is 4.79 Å². The Morgan fingerprint density at radius 2 is 1.95 bits per heavy atom. The third-order valence-corrected chi connectivity index (χ3v) is 4.68. The first-order chi connectivity index (χ1) is 10.7. The van der Waals surface area contributed by atoms with Crippen LogP contribution >= 0.6 is 0 Å². The zero-order valence-electron chi connectivity index (χ0n) is 13.4. The van der Waals surface area contributed by atoms with Gasteiger partial charge in [0.15, 0.2) is 5.78 Å². The van der Waals surface area contributed by atoms with Crippen LogP contribution in [-0.4, -0.2) is 36.4 Å². The van der Waals surface area contributed by atoms with Crippen LogP contribution in [0.3, 0.4) is 0 Å². The number of carbonyl (C=O) groups is 1. The van der Waals surface area contributed by atoms with Crippen molar-refractivity contribution in [2.45, 2.75) is 45.1 Å². The molecule has 0 unspecified atom stereocenters. The fraction of sp³-hybridized carbons (Fsp3) is 0.526. The number of hydrogen-bond donors (Lipinski definition) is 0. The summed E-state index contributed by atoms with van der Waals surface area (Å²) in [6, 6.07) is 8.15. The zero-order valence-corrected chi connectivity index (χ0v) is 13.4. The van der Waals surface area contributed by atoms with Crippen molar-refractivity contribution < 1.29 is 9.53 Å². The van der Waals surface area contributed by atoms with E-state index in [0.29, 0.717) is 12.5 Å². The number of hydrogen-bond acceptors (Lipinski definition) is 3. The maximum atomic E-state index is 12.0. The molecule has 0 atom stereocenters. The summed E-state index contributed by atoms with van der Waals surface area (Å²) in [7, 11) is 0. The van der Waals surface area contributed by atoms with Gasteiger partial charge in [-0.1, -0.05) is 19.1 Å². The number of benzene rings is 1. The smallest absolute Gasteiger partial charge is 0.161 e. The van der Waals surface area contributed by atoms with Gasteiger partial charge in [0, 0.05) is 25.1 Å². The van der Waals surface area contributed by atoms with E-state index in [0.717, 1.165) is 36.5 Å². The van der Waals surface area contributed by atoms with Crippen molar-refractivity contribution in [2.24, 2.45) is 0 Å². The van der Waals surface area contributed by atoms with Gasteiger partial charge in [-0.05, 0) is 56.0 Å². The summed E-state index contributed by atoms with van der Waals surface area (Å²) in [6.45, 7) is 4.80. The van der Waals surface area contributed by atoms with Crippen molar-refractivity contribution in [1.29, 1.82) is 0 Å². The van der Waals surface area contributed by atoms with E-state index in [1.165, 1.54) is 25.7 Å². The second kappa shape index (κ2) is 7.10. The Kier molecular flexibility index (Phi) is 4.94. The van der Waals surface area contributed by atoms with Crippen molar-refractivity contribution in [2.75, 3.05) is 19.6 Å². The minimum absolute atomic E-state index is 0.288. The molecule has 1 heterocycles. The molecule has 2 fully saturated rings. The van der Waals surface area contributed by atoms with Crippen molar-refractivity contribution >= 4 is 11.9 Å². The summed E-state index contributed by atoms with van der Waals surface area (Å²) >= 11 is 0. The number of nitrogens with zero attached hydrogens (tertiary/aromatic N) is 1. The Morgan fingerprint density at radius 1 is 1.23 bits per heavy atom. The lowest BCUT2D eigenvalue weighted by molar-refractivity contribution is -0.117. The first-order valence-electron chi connectivity index (χ1n) is 8.47. The van der Waals surface area contributed by atoms with Gasteiger partial charge in [-0.2, -0.15) is 0 Å². The molecule has 1 aromatic carbocycles. The van der Waals surface area contributed by atoms with E-state index in [-0.39, 0.29) is 5.78 Å². The zero-order chi connectivity index (χ0) is 15.4. The molecule has 3 heteroatoms. The molecule has 0 N–H and O–H groups in total. The fourth-order valence-electron chi connectivity index (χ4n) is 3.27. The average Bonchev–Trinajstić information content (AvgIpc) is 3.04. The maximum absolute atomic E-state index is 12.0. The largest absolute Gasteiger partial charge is 0.490 e. The highest BCUT2D eigenvalue weighted by Crippen LogP contribution is 2.25. The standard InChI is InChI=1S/C19H25NO2/c1-2-20-12-11-19(21)16(14-20)13-15-7-9-18(10-8-15)22-17-5-3-4-6-17/h7-10,13,17H,2-6,11-12,14H2,1H3/b16-13+. The summed E-state index contributed by atoms with van der Waals surface area (Å²) in [5.74, 6) is 1.23. The minimum atomic E-state index is 0.288. The number of Topliss-reactive ketones (excluding diaryl/α,β-unsaturated/α-hetero) is 1. The molecule has 1 aliphatic heterocycles. The molecular formula is C19H25NO2. The molecule has 2 aliphatic rings. The molecule has 0 bridgehead atoms. The van der Waals surface area contributed by atoms with E-state index >= 15 is 0 Å². The van der Waals surface area contributed by atoms with Gasteiger partial charge in [-0.25, -0.2) is 0 Å². The second-order valence-electron chi connectivity index (χ2n) is 6.30. The molecule has 0 aromatic heterocycles. The number of ether oxygens (including phenoxy) is 1. The van der Waals surface area contributed by atoms with Gasteiger partial charge in [-0.15, -0.1) is 0 Å². The minimum Gasteiger partial charge on any atom is -0.490 e. The lowest BCUT2D eigenvalue weighted by atomic mass is 10.0. The molecule has 1 aromatic rings. The normalized spacial score (nSPS) is 22.4. The van der Waals surface area contributed by atoms with E-state index < -0.39 is 0 Å². The summed E-state index contributed by atoms with van der Waals surface area (Å²) in [5.41, 5.74) is 2.01. The quantitative estimate of drug-likeness (QED) is 0.794. The third-order valence-electron chi connectivity index (χ3n) is 4.68. The van der Waals surface area contributed by atoms with E-state index in [1.807, 2.05) is 18.2 Å². The second-order valence-corrected chi connectivity index (χ2v) is 6.30. The summed E-state index contributed by atoms with van der Waals surface area (Å²) in [6.07, 6.45) is 7.98. The van der Waals surface area contributed by atoms with Crippen molar-refractivity contribution in [3.8, 4) is 5.75 Å². The van der Waals surface area contributed by atoms with Crippen molar-refractivity contribution in [1.82, 2.24) is 4.90 Å². The SMILES string of the molecule is CCN1CCC(=O)/C(=C/c2ccc(OC3CCCC3)cc2)C1. The van der Waals surface area contributed by atoms with Gasteiger partial charge in [-0.3, -0.25) is 9.69 Å². The van der Waals surface area contributed by atoms with Crippen LogP contribution in [0.4, 0.5) is 0 Å². The molecule has 1 aliphatic carbocycles. The topological polar surface area (TPSA) is 29.5 Å². The Morgan fingerprint density at radius 3 is 2.64 bits per heavy atom. The molecule has 0 radical (unpaired) electrons. The van der Waals surface area contributed by atoms with E-state index in [2.05, 4.69) is 24.0 Å².